The molecule has 1 heterocycles. The first kappa shape index (κ1) is 15.3. The highest BCUT2D eigenvalue weighted by Crippen LogP contribution is 2.26. The Hall–Kier alpha value is -1.09. The SMILES string of the molecule is CCCc1cc(C(=O)OC2CCC(C)CC2)cc(Cl)n1. The van der Waals surface area contributed by atoms with Crippen LogP contribution in [-0.2, 0) is 11.2 Å². The zero-order valence-corrected chi connectivity index (χ0v) is 12.9. The lowest BCUT2D eigenvalue weighted by Gasteiger charge is -2.26. The van der Waals surface area contributed by atoms with Crippen LogP contribution in [0.3, 0.4) is 0 Å². The molecule has 1 saturated carbocycles. The van der Waals surface area contributed by atoms with E-state index in [1.807, 2.05) is 0 Å². The van der Waals surface area contributed by atoms with Crippen LogP contribution in [0, 0.1) is 5.92 Å². The van der Waals surface area contributed by atoms with E-state index in [0.717, 1.165) is 50.1 Å². The molecule has 2 rings (SSSR count). The van der Waals surface area contributed by atoms with Gasteiger partial charge in [-0.05, 0) is 50.2 Å². The minimum atomic E-state index is -0.272. The Morgan fingerprint density at radius 1 is 1.35 bits per heavy atom. The first-order valence-electron chi connectivity index (χ1n) is 7.46. The molecule has 0 aliphatic heterocycles. The van der Waals surface area contributed by atoms with Gasteiger partial charge in [-0.1, -0.05) is 31.9 Å². The van der Waals surface area contributed by atoms with Crippen molar-refractivity contribution in [2.24, 2.45) is 5.92 Å². The van der Waals surface area contributed by atoms with E-state index in [9.17, 15) is 4.79 Å². The molecule has 0 unspecified atom stereocenters. The molecule has 0 spiro atoms. The molecular formula is C16H22ClNO2. The number of aromatic nitrogens is 1. The van der Waals surface area contributed by atoms with Crippen molar-refractivity contribution in [1.29, 1.82) is 0 Å². The second kappa shape index (κ2) is 7.07. The zero-order valence-electron chi connectivity index (χ0n) is 12.2. The normalized spacial score (nSPS) is 22.6. The molecule has 0 saturated heterocycles. The van der Waals surface area contributed by atoms with E-state index in [4.69, 9.17) is 16.3 Å². The predicted molar refractivity (Wildman–Crippen MR) is 80.1 cm³/mol. The molecule has 0 N–H and O–H groups in total. The summed E-state index contributed by atoms with van der Waals surface area (Å²) in [6, 6.07) is 3.39. The summed E-state index contributed by atoms with van der Waals surface area (Å²) in [5, 5.41) is 0.361. The fourth-order valence-corrected chi connectivity index (χ4v) is 2.85. The second-order valence-corrected chi connectivity index (χ2v) is 6.09. The maximum atomic E-state index is 12.2. The molecular weight excluding hydrogens is 274 g/mol. The summed E-state index contributed by atoms with van der Waals surface area (Å²) in [6.07, 6.45) is 6.05. The third-order valence-electron chi connectivity index (χ3n) is 3.83. The summed E-state index contributed by atoms with van der Waals surface area (Å²) in [5.74, 6) is 0.475. The van der Waals surface area contributed by atoms with Gasteiger partial charge in [-0.3, -0.25) is 0 Å². The fraction of sp³-hybridized carbons (Fsp3) is 0.625. The van der Waals surface area contributed by atoms with Crippen molar-refractivity contribution in [2.45, 2.75) is 58.5 Å². The zero-order chi connectivity index (χ0) is 14.5. The number of carbonyl (C=O) groups is 1. The number of rotatable bonds is 4. The topological polar surface area (TPSA) is 39.2 Å². The van der Waals surface area contributed by atoms with Crippen molar-refractivity contribution in [3.05, 3.63) is 28.5 Å². The average molecular weight is 296 g/mol. The number of halogens is 1. The van der Waals surface area contributed by atoms with Gasteiger partial charge in [0, 0.05) is 5.69 Å². The molecule has 0 atom stereocenters. The van der Waals surface area contributed by atoms with Crippen LogP contribution in [0.15, 0.2) is 12.1 Å². The minimum Gasteiger partial charge on any atom is -0.459 e. The van der Waals surface area contributed by atoms with Crippen molar-refractivity contribution in [3.8, 4) is 0 Å². The Morgan fingerprint density at radius 3 is 2.70 bits per heavy atom. The Bertz CT molecular complexity index is 468. The van der Waals surface area contributed by atoms with Gasteiger partial charge in [-0.15, -0.1) is 0 Å². The van der Waals surface area contributed by atoms with E-state index in [-0.39, 0.29) is 12.1 Å². The highest BCUT2D eigenvalue weighted by molar-refractivity contribution is 6.29. The van der Waals surface area contributed by atoms with E-state index in [2.05, 4.69) is 18.8 Å². The lowest BCUT2D eigenvalue weighted by molar-refractivity contribution is 0.0173. The van der Waals surface area contributed by atoms with Crippen LogP contribution in [0.4, 0.5) is 0 Å². The molecule has 4 heteroatoms. The first-order valence-corrected chi connectivity index (χ1v) is 7.83. The van der Waals surface area contributed by atoms with Gasteiger partial charge in [0.2, 0.25) is 0 Å². The number of hydrogen-bond acceptors (Lipinski definition) is 3. The van der Waals surface area contributed by atoms with Crippen LogP contribution in [-0.4, -0.2) is 17.1 Å². The van der Waals surface area contributed by atoms with E-state index in [1.165, 1.54) is 0 Å². The van der Waals surface area contributed by atoms with Gasteiger partial charge < -0.3 is 4.74 Å². The van der Waals surface area contributed by atoms with Crippen molar-refractivity contribution < 1.29 is 9.53 Å². The van der Waals surface area contributed by atoms with Gasteiger partial charge in [-0.2, -0.15) is 0 Å². The van der Waals surface area contributed by atoms with Gasteiger partial charge in [-0.25, -0.2) is 9.78 Å². The number of nitrogens with zero attached hydrogens (tertiary/aromatic N) is 1. The Morgan fingerprint density at radius 2 is 2.05 bits per heavy atom. The molecule has 3 nitrogen and oxygen atoms in total. The van der Waals surface area contributed by atoms with Crippen molar-refractivity contribution in [3.63, 3.8) is 0 Å². The smallest absolute Gasteiger partial charge is 0.338 e. The van der Waals surface area contributed by atoms with Gasteiger partial charge in [0.25, 0.3) is 0 Å². The van der Waals surface area contributed by atoms with E-state index in [0.29, 0.717) is 10.7 Å². The van der Waals surface area contributed by atoms with Gasteiger partial charge in [0.15, 0.2) is 0 Å². The third-order valence-corrected chi connectivity index (χ3v) is 4.02. The van der Waals surface area contributed by atoms with Crippen LogP contribution in [0.5, 0.6) is 0 Å². The van der Waals surface area contributed by atoms with E-state index < -0.39 is 0 Å². The molecule has 110 valence electrons. The molecule has 0 bridgehead atoms. The van der Waals surface area contributed by atoms with Crippen LogP contribution in [0.1, 0.15) is 62.0 Å². The molecule has 1 fully saturated rings. The monoisotopic (exact) mass is 295 g/mol. The summed E-state index contributed by atoms with van der Waals surface area (Å²) < 4.78 is 5.59. The maximum Gasteiger partial charge on any atom is 0.338 e. The number of carbonyl (C=O) groups excluding carboxylic acids is 1. The molecule has 0 radical (unpaired) electrons. The summed E-state index contributed by atoms with van der Waals surface area (Å²) in [5.41, 5.74) is 1.37. The molecule has 1 aliphatic carbocycles. The molecule has 1 aliphatic rings. The van der Waals surface area contributed by atoms with E-state index in [1.54, 1.807) is 12.1 Å². The number of ether oxygens (including phenoxy) is 1. The molecule has 20 heavy (non-hydrogen) atoms. The van der Waals surface area contributed by atoms with E-state index >= 15 is 0 Å². The summed E-state index contributed by atoms with van der Waals surface area (Å²) >= 11 is 5.97. The number of aryl methyl sites for hydroxylation is 1. The predicted octanol–water partition coefficient (Wildman–Crippen LogP) is 4.42. The third kappa shape index (κ3) is 4.20. The molecule has 0 amide bonds. The first-order chi connectivity index (χ1) is 9.58. The van der Waals surface area contributed by atoms with Crippen molar-refractivity contribution in [2.75, 3.05) is 0 Å². The van der Waals surface area contributed by atoms with Crippen LogP contribution >= 0.6 is 11.6 Å². The van der Waals surface area contributed by atoms with Crippen molar-refractivity contribution >= 4 is 17.6 Å². The molecule has 1 aromatic heterocycles. The Kier molecular flexibility index (Phi) is 5.41. The van der Waals surface area contributed by atoms with Gasteiger partial charge in [0.05, 0.1) is 5.56 Å². The number of hydrogen-bond donors (Lipinski definition) is 0. The van der Waals surface area contributed by atoms with Crippen LogP contribution in [0.25, 0.3) is 0 Å². The average Bonchev–Trinajstić information content (AvgIpc) is 2.41. The molecule has 1 aromatic rings. The number of esters is 1. The van der Waals surface area contributed by atoms with Crippen LogP contribution in [0.2, 0.25) is 5.15 Å². The maximum absolute atomic E-state index is 12.2. The highest BCUT2D eigenvalue weighted by atomic mass is 35.5. The summed E-state index contributed by atoms with van der Waals surface area (Å²) in [4.78, 5) is 16.4. The summed E-state index contributed by atoms with van der Waals surface area (Å²) in [6.45, 7) is 4.32. The number of pyridine rings is 1. The fourth-order valence-electron chi connectivity index (χ4n) is 2.62. The lowest BCUT2D eigenvalue weighted by Crippen LogP contribution is -2.23. The van der Waals surface area contributed by atoms with Crippen molar-refractivity contribution in [1.82, 2.24) is 4.98 Å². The highest BCUT2D eigenvalue weighted by Gasteiger charge is 2.22. The standard InChI is InChI=1S/C16H22ClNO2/c1-3-4-13-9-12(10-15(17)18-13)16(19)20-14-7-5-11(2)6-8-14/h9-11,14H,3-8H2,1-2H3. The van der Waals surface area contributed by atoms with Gasteiger partial charge >= 0.3 is 5.97 Å². The van der Waals surface area contributed by atoms with Crippen LogP contribution < -0.4 is 0 Å². The minimum absolute atomic E-state index is 0.0558. The Balaban J connectivity index is 2.01. The quantitative estimate of drug-likeness (QED) is 0.609. The lowest BCUT2D eigenvalue weighted by atomic mass is 9.89. The Labute approximate surface area is 125 Å². The second-order valence-electron chi connectivity index (χ2n) is 5.71. The largest absolute Gasteiger partial charge is 0.459 e. The molecule has 0 aromatic carbocycles. The summed E-state index contributed by atoms with van der Waals surface area (Å²) in [7, 11) is 0. The van der Waals surface area contributed by atoms with Gasteiger partial charge in [0.1, 0.15) is 11.3 Å².